The van der Waals surface area contributed by atoms with Crippen LogP contribution in [-0.4, -0.2) is 47.2 Å². The SMILES string of the molecule is Cc1c(C2=NS(=O)(=O)N(C)C(C(=O)NC3CCCCC3)=C2)cnn1C. The molecule has 2 aliphatic rings. The fraction of sp³-hybridized carbons (Fsp3) is 0.562. The molecule has 136 valence electrons. The molecule has 1 aliphatic heterocycles. The first-order valence-electron chi connectivity index (χ1n) is 8.40. The highest BCUT2D eigenvalue weighted by Gasteiger charge is 2.31. The van der Waals surface area contributed by atoms with Crippen molar-refractivity contribution in [3.63, 3.8) is 0 Å². The van der Waals surface area contributed by atoms with Crippen molar-refractivity contribution in [3.05, 3.63) is 29.2 Å². The highest BCUT2D eigenvalue weighted by Crippen LogP contribution is 2.22. The van der Waals surface area contributed by atoms with E-state index in [2.05, 4.69) is 14.8 Å². The average Bonchev–Trinajstić information content (AvgIpc) is 2.90. The molecule has 2 heterocycles. The van der Waals surface area contributed by atoms with Gasteiger partial charge >= 0.3 is 10.2 Å². The molecule has 8 nitrogen and oxygen atoms in total. The molecule has 0 aromatic carbocycles. The lowest BCUT2D eigenvalue weighted by molar-refractivity contribution is -0.119. The first kappa shape index (κ1) is 17.7. The van der Waals surface area contributed by atoms with Crippen LogP contribution in [0.2, 0.25) is 0 Å². The molecule has 0 bridgehead atoms. The minimum absolute atomic E-state index is 0.0822. The molecule has 1 aromatic rings. The van der Waals surface area contributed by atoms with E-state index in [-0.39, 0.29) is 23.4 Å². The van der Waals surface area contributed by atoms with Gasteiger partial charge in [0.25, 0.3) is 5.91 Å². The largest absolute Gasteiger partial charge is 0.348 e. The Morgan fingerprint density at radius 3 is 2.52 bits per heavy atom. The second-order valence-electron chi connectivity index (χ2n) is 6.53. The van der Waals surface area contributed by atoms with Crippen LogP contribution in [0.4, 0.5) is 0 Å². The van der Waals surface area contributed by atoms with Gasteiger partial charge < -0.3 is 5.32 Å². The predicted octanol–water partition coefficient (Wildman–Crippen LogP) is 1.04. The molecule has 0 radical (unpaired) electrons. The number of nitrogens with one attached hydrogen (secondary N) is 1. The zero-order chi connectivity index (χ0) is 18.2. The van der Waals surface area contributed by atoms with Crippen molar-refractivity contribution < 1.29 is 13.2 Å². The highest BCUT2D eigenvalue weighted by atomic mass is 32.2. The lowest BCUT2D eigenvalue weighted by atomic mass is 9.95. The lowest BCUT2D eigenvalue weighted by Crippen LogP contribution is -2.43. The molecule has 9 heteroatoms. The van der Waals surface area contributed by atoms with Crippen molar-refractivity contribution in [1.82, 2.24) is 19.4 Å². The van der Waals surface area contributed by atoms with E-state index in [9.17, 15) is 13.2 Å². The van der Waals surface area contributed by atoms with Gasteiger partial charge in [-0.05, 0) is 25.8 Å². The molecule has 1 N–H and O–H groups in total. The number of aryl methyl sites for hydroxylation is 1. The molecule has 0 saturated heterocycles. The lowest BCUT2D eigenvalue weighted by Gasteiger charge is -2.27. The Hall–Kier alpha value is -2.16. The van der Waals surface area contributed by atoms with E-state index >= 15 is 0 Å². The summed E-state index contributed by atoms with van der Waals surface area (Å²) in [6, 6.07) is 0.0979. The monoisotopic (exact) mass is 365 g/mol. The first-order valence-corrected chi connectivity index (χ1v) is 9.79. The van der Waals surface area contributed by atoms with Crippen molar-refractivity contribution >= 4 is 21.8 Å². The molecular weight excluding hydrogens is 342 g/mol. The van der Waals surface area contributed by atoms with Crippen LogP contribution < -0.4 is 5.32 Å². The third-order valence-electron chi connectivity index (χ3n) is 4.86. The maximum atomic E-state index is 12.7. The number of aromatic nitrogens is 2. The summed E-state index contributed by atoms with van der Waals surface area (Å²) in [5.41, 5.74) is 1.69. The van der Waals surface area contributed by atoms with Crippen LogP contribution in [0, 0.1) is 6.92 Å². The van der Waals surface area contributed by atoms with Gasteiger partial charge in [0.1, 0.15) is 5.70 Å². The van der Waals surface area contributed by atoms with Gasteiger partial charge in [-0.2, -0.15) is 13.5 Å². The predicted molar refractivity (Wildman–Crippen MR) is 94.3 cm³/mol. The number of carbonyl (C=O) groups is 1. The number of nitrogens with zero attached hydrogens (tertiary/aromatic N) is 4. The van der Waals surface area contributed by atoms with E-state index in [1.807, 2.05) is 6.92 Å². The number of hydrogen-bond acceptors (Lipinski definition) is 4. The van der Waals surface area contributed by atoms with Crippen LogP contribution in [-0.2, 0) is 22.1 Å². The van der Waals surface area contributed by atoms with Crippen LogP contribution in [0.3, 0.4) is 0 Å². The summed E-state index contributed by atoms with van der Waals surface area (Å²) in [6.45, 7) is 1.82. The van der Waals surface area contributed by atoms with Crippen molar-refractivity contribution in [2.45, 2.75) is 45.1 Å². The number of carbonyl (C=O) groups excluding carboxylic acids is 1. The summed E-state index contributed by atoms with van der Waals surface area (Å²) in [4.78, 5) is 12.7. The molecule has 0 unspecified atom stereocenters. The van der Waals surface area contributed by atoms with E-state index in [0.717, 1.165) is 35.7 Å². The van der Waals surface area contributed by atoms with Gasteiger partial charge in [0.2, 0.25) is 0 Å². The fourth-order valence-electron chi connectivity index (χ4n) is 3.15. The number of rotatable bonds is 3. The quantitative estimate of drug-likeness (QED) is 0.865. The van der Waals surface area contributed by atoms with E-state index in [1.54, 1.807) is 17.9 Å². The Bertz CT molecular complexity index is 847. The van der Waals surface area contributed by atoms with Gasteiger partial charge in [0.05, 0.1) is 11.9 Å². The fourth-order valence-corrected chi connectivity index (χ4v) is 4.05. The normalized spacial score (nSPS) is 20.8. The number of allylic oxidation sites excluding steroid dienone is 1. The van der Waals surface area contributed by atoms with Crippen LogP contribution in [0.25, 0.3) is 0 Å². The van der Waals surface area contributed by atoms with Gasteiger partial charge in [-0.1, -0.05) is 19.3 Å². The zero-order valence-corrected chi connectivity index (χ0v) is 15.5. The molecule has 0 spiro atoms. The molecule has 3 rings (SSSR count). The number of likely N-dealkylation sites (N-methyl/N-ethyl adjacent to an activating group) is 1. The van der Waals surface area contributed by atoms with Crippen molar-refractivity contribution in [2.75, 3.05) is 7.05 Å². The standard InChI is InChI=1S/C16H23N5O3S/c1-11-13(10-17-20(11)2)14-9-15(21(3)25(23,24)19-14)16(22)18-12-7-5-4-6-8-12/h9-10,12H,4-8H2,1-3H3,(H,18,22). The molecule has 1 aromatic heterocycles. The van der Waals surface area contributed by atoms with Crippen molar-refractivity contribution in [3.8, 4) is 0 Å². The molecule has 1 fully saturated rings. The Morgan fingerprint density at radius 1 is 1.24 bits per heavy atom. The summed E-state index contributed by atoms with van der Waals surface area (Å²) < 4.78 is 31.2. The Kier molecular flexibility index (Phi) is 4.68. The van der Waals surface area contributed by atoms with Crippen LogP contribution in [0.1, 0.15) is 43.4 Å². The molecule has 25 heavy (non-hydrogen) atoms. The topological polar surface area (TPSA) is 96.7 Å². The van der Waals surface area contributed by atoms with Gasteiger partial charge in [-0.3, -0.25) is 9.48 Å². The molecule has 0 atom stereocenters. The van der Waals surface area contributed by atoms with E-state index in [1.165, 1.54) is 19.5 Å². The van der Waals surface area contributed by atoms with Gasteiger partial charge in [-0.15, -0.1) is 4.40 Å². The van der Waals surface area contributed by atoms with Crippen molar-refractivity contribution in [1.29, 1.82) is 0 Å². The summed E-state index contributed by atoms with van der Waals surface area (Å²) >= 11 is 0. The summed E-state index contributed by atoms with van der Waals surface area (Å²) in [5, 5.41) is 7.08. The van der Waals surface area contributed by atoms with Crippen LogP contribution in [0.15, 0.2) is 22.4 Å². The van der Waals surface area contributed by atoms with Crippen LogP contribution >= 0.6 is 0 Å². The summed E-state index contributed by atoms with van der Waals surface area (Å²) in [6.07, 6.45) is 8.28. The van der Waals surface area contributed by atoms with E-state index in [4.69, 9.17) is 0 Å². The number of hydrogen-bond donors (Lipinski definition) is 1. The van der Waals surface area contributed by atoms with E-state index < -0.39 is 10.2 Å². The Balaban J connectivity index is 1.92. The smallest absolute Gasteiger partial charge is 0.345 e. The number of amides is 1. The van der Waals surface area contributed by atoms with Gasteiger partial charge in [0.15, 0.2) is 0 Å². The Morgan fingerprint density at radius 2 is 1.92 bits per heavy atom. The van der Waals surface area contributed by atoms with E-state index in [0.29, 0.717) is 5.56 Å². The molecule has 1 aliphatic carbocycles. The molecule has 1 amide bonds. The van der Waals surface area contributed by atoms with Crippen LogP contribution in [0.5, 0.6) is 0 Å². The average molecular weight is 365 g/mol. The molecule has 1 saturated carbocycles. The minimum atomic E-state index is -3.95. The molecular formula is C16H23N5O3S. The zero-order valence-electron chi connectivity index (χ0n) is 14.7. The second-order valence-corrected chi connectivity index (χ2v) is 8.15. The summed E-state index contributed by atoms with van der Waals surface area (Å²) in [7, 11) is -0.834. The maximum absolute atomic E-state index is 12.7. The second kappa shape index (κ2) is 6.62. The third kappa shape index (κ3) is 3.46. The van der Waals surface area contributed by atoms with Gasteiger partial charge in [-0.25, -0.2) is 4.31 Å². The van der Waals surface area contributed by atoms with Crippen molar-refractivity contribution in [2.24, 2.45) is 11.4 Å². The summed E-state index contributed by atoms with van der Waals surface area (Å²) in [5.74, 6) is -0.382. The Labute approximate surface area is 147 Å². The maximum Gasteiger partial charge on any atom is 0.345 e. The third-order valence-corrected chi connectivity index (χ3v) is 6.17. The first-order chi connectivity index (χ1) is 11.8. The highest BCUT2D eigenvalue weighted by molar-refractivity contribution is 7.88. The minimum Gasteiger partial charge on any atom is -0.348 e. The van der Waals surface area contributed by atoms with Gasteiger partial charge in [0, 0.05) is 31.4 Å².